The molecule has 0 radical (unpaired) electrons. The molecule has 1 unspecified atom stereocenters. The molecule has 2 N–H and O–H groups in total. The highest BCUT2D eigenvalue weighted by Crippen LogP contribution is 2.41. The first-order valence-corrected chi connectivity index (χ1v) is 10.4. The van der Waals surface area contributed by atoms with Crippen molar-refractivity contribution in [1.82, 2.24) is 24.8 Å². The molecule has 0 bridgehead atoms. The van der Waals surface area contributed by atoms with Crippen LogP contribution in [-0.4, -0.2) is 50.9 Å². The van der Waals surface area contributed by atoms with Crippen molar-refractivity contribution in [2.24, 2.45) is 0 Å². The van der Waals surface area contributed by atoms with Gasteiger partial charge in [0, 0.05) is 42.3 Å². The molecular formula is C19H28N6S. The zero-order valence-electron chi connectivity index (χ0n) is 15.5. The van der Waals surface area contributed by atoms with Crippen LogP contribution < -0.4 is 5.73 Å². The number of anilines is 1. The number of rotatable bonds is 6. The summed E-state index contributed by atoms with van der Waals surface area (Å²) < 4.78 is 0. The van der Waals surface area contributed by atoms with E-state index in [2.05, 4.69) is 38.0 Å². The molecular weight excluding hydrogens is 344 g/mol. The van der Waals surface area contributed by atoms with Gasteiger partial charge in [0.15, 0.2) is 0 Å². The van der Waals surface area contributed by atoms with Crippen LogP contribution in [0.1, 0.15) is 53.7 Å². The highest BCUT2D eigenvalue weighted by atomic mass is 32.1. The molecule has 1 saturated heterocycles. The molecule has 2 aliphatic rings. The predicted octanol–water partition coefficient (Wildman–Crippen LogP) is 2.88. The molecule has 1 saturated carbocycles. The third kappa shape index (κ3) is 4.58. The van der Waals surface area contributed by atoms with E-state index in [0.717, 1.165) is 31.4 Å². The summed E-state index contributed by atoms with van der Waals surface area (Å²) in [6.07, 6.45) is 10.2. The molecule has 2 fully saturated rings. The van der Waals surface area contributed by atoms with Crippen molar-refractivity contribution in [1.29, 1.82) is 0 Å². The van der Waals surface area contributed by atoms with Gasteiger partial charge in [0.1, 0.15) is 11.6 Å². The number of hydrogen-bond donors (Lipinski definition) is 1. The second-order valence-corrected chi connectivity index (χ2v) is 8.76. The summed E-state index contributed by atoms with van der Waals surface area (Å²) >= 11 is 1.92. The normalized spacial score (nSPS) is 21.8. The van der Waals surface area contributed by atoms with E-state index in [-0.39, 0.29) is 0 Å². The van der Waals surface area contributed by atoms with E-state index in [1.807, 2.05) is 11.3 Å². The van der Waals surface area contributed by atoms with Gasteiger partial charge in [-0.2, -0.15) is 0 Å². The van der Waals surface area contributed by atoms with Crippen LogP contribution in [0.4, 0.5) is 5.82 Å². The fourth-order valence-electron chi connectivity index (χ4n) is 3.72. The molecule has 6 nitrogen and oxygen atoms in total. The molecule has 0 amide bonds. The van der Waals surface area contributed by atoms with Gasteiger partial charge in [0.25, 0.3) is 0 Å². The van der Waals surface area contributed by atoms with Crippen molar-refractivity contribution in [2.75, 3.05) is 25.9 Å². The van der Waals surface area contributed by atoms with Crippen molar-refractivity contribution in [3.63, 3.8) is 0 Å². The first-order chi connectivity index (χ1) is 12.7. The summed E-state index contributed by atoms with van der Waals surface area (Å²) in [7, 11) is 2.18. The van der Waals surface area contributed by atoms with Gasteiger partial charge in [-0.15, -0.1) is 11.3 Å². The molecule has 1 aliphatic heterocycles. The number of nitrogens with two attached hydrogens (primary N) is 1. The average Bonchev–Trinajstić information content (AvgIpc) is 3.40. The molecule has 0 spiro atoms. The largest absolute Gasteiger partial charge is 0.384 e. The second-order valence-electron chi connectivity index (χ2n) is 7.61. The van der Waals surface area contributed by atoms with Crippen molar-refractivity contribution in [2.45, 2.75) is 57.2 Å². The lowest BCUT2D eigenvalue weighted by atomic mass is 10.1. The molecule has 7 heteroatoms. The number of likely N-dealkylation sites (tertiary alicyclic amines) is 1. The zero-order valence-corrected chi connectivity index (χ0v) is 16.3. The van der Waals surface area contributed by atoms with Crippen molar-refractivity contribution in [3.8, 4) is 0 Å². The minimum Gasteiger partial charge on any atom is -0.384 e. The van der Waals surface area contributed by atoms with E-state index in [0.29, 0.717) is 11.9 Å². The standard InChI is InChI=1S/C19H28N6S/c1-24(13-18-21-8-6-17(20)23-18)15-3-2-9-25(10-7-15)12-16-11-22-19(26-16)14-4-5-14/h6,8,11,14-15H,2-5,7,9-10,12-13H2,1H3,(H2,20,21,23). The second kappa shape index (κ2) is 7.98. The number of aromatic nitrogens is 3. The van der Waals surface area contributed by atoms with Crippen LogP contribution in [0, 0.1) is 0 Å². The molecule has 26 heavy (non-hydrogen) atoms. The number of nitrogens with zero attached hydrogens (tertiary/aromatic N) is 5. The number of nitrogen functional groups attached to an aromatic ring is 1. The summed E-state index contributed by atoms with van der Waals surface area (Å²) in [6.45, 7) is 4.13. The van der Waals surface area contributed by atoms with E-state index in [1.54, 1.807) is 12.3 Å². The average molecular weight is 373 g/mol. The highest BCUT2D eigenvalue weighted by molar-refractivity contribution is 7.11. The Bertz CT molecular complexity index is 728. The Morgan fingerprint density at radius 3 is 2.92 bits per heavy atom. The van der Waals surface area contributed by atoms with Gasteiger partial charge in [-0.25, -0.2) is 15.0 Å². The fraction of sp³-hybridized carbons (Fsp3) is 0.632. The highest BCUT2D eigenvalue weighted by Gasteiger charge is 2.27. The molecule has 1 atom stereocenters. The van der Waals surface area contributed by atoms with E-state index < -0.39 is 0 Å². The maximum Gasteiger partial charge on any atom is 0.144 e. The minimum atomic E-state index is 0.547. The Labute approximate surface area is 159 Å². The Hall–Kier alpha value is -1.57. The Morgan fingerprint density at radius 2 is 2.12 bits per heavy atom. The quantitative estimate of drug-likeness (QED) is 0.841. The van der Waals surface area contributed by atoms with Gasteiger partial charge in [-0.1, -0.05) is 0 Å². The molecule has 140 valence electrons. The van der Waals surface area contributed by atoms with Crippen molar-refractivity contribution < 1.29 is 0 Å². The lowest BCUT2D eigenvalue weighted by molar-refractivity contribution is 0.202. The summed E-state index contributed by atoms with van der Waals surface area (Å²) in [5.41, 5.74) is 5.77. The monoisotopic (exact) mass is 372 g/mol. The van der Waals surface area contributed by atoms with Crippen LogP contribution >= 0.6 is 11.3 Å². The van der Waals surface area contributed by atoms with Crippen LogP contribution in [0.3, 0.4) is 0 Å². The lowest BCUT2D eigenvalue weighted by Gasteiger charge is -2.26. The van der Waals surface area contributed by atoms with Crippen LogP contribution in [0.2, 0.25) is 0 Å². The van der Waals surface area contributed by atoms with Crippen molar-refractivity contribution in [3.05, 3.63) is 34.2 Å². The third-order valence-electron chi connectivity index (χ3n) is 5.41. The molecule has 3 heterocycles. The summed E-state index contributed by atoms with van der Waals surface area (Å²) in [5, 5.41) is 1.36. The summed E-state index contributed by atoms with van der Waals surface area (Å²) in [6, 6.07) is 2.31. The Kier molecular flexibility index (Phi) is 5.47. The van der Waals surface area contributed by atoms with E-state index in [9.17, 15) is 0 Å². The Balaban J connectivity index is 1.29. The summed E-state index contributed by atoms with van der Waals surface area (Å²) in [4.78, 5) is 19.7. The maximum atomic E-state index is 5.77. The van der Waals surface area contributed by atoms with E-state index in [1.165, 1.54) is 48.5 Å². The smallest absolute Gasteiger partial charge is 0.144 e. The predicted molar refractivity (Wildman–Crippen MR) is 105 cm³/mol. The SMILES string of the molecule is CN(Cc1nccc(N)n1)C1CCCN(Cc2cnc(C3CC3)s2)CC1. The van der Waals surface area contributed by atoms with E-state index >= 15 is 0 Å². The van der Waals surface area contributed by atoms with Crippen LogP contribution in [0.15, 0.2) is 18.5 Å². The minimum absolute atomic E-state index is 0.547. The molecule has 1 aliphatic carbocycles. The van der Waals surface area contributed by atoms with Gasteiger partial charge in [0.05, 0.1) is 11.6 Å². The zero-order chi connectivity index (χ0) is 17.9. The molecule has 4 rings (SSSR count). The molecule has 2 aromatic heterocycles. The summed E-state index contributed by atoms with van der Waals surface area (Å²) in [5.74, 6) is 2.13. The first kappa shape index (κ1) is 17.8. The van der Waals surface area contributed by atoms with Crippen LogP contribution in [0.5, 0.6) is 0 Å². The van der Waals surface area contributed by atoms with Crippen LogP contribution in [0.25, 0.3) is 0 Å². The topological polar surface area (TPSA) is 71.2 Å². The van der Waals surface area contributed by atoms with Gasteiger partial charge in [-0.05, 0) is 51.8 Å². The van der Waals surface area contributed by atoms with Crippen LogP contribution in [-0.2, 0) is 13.1 Å². The number of thiazole rings is 1. The molecule has 0 aromatic carbocycles. The number of hydrogen-bond acceptors (Lipinski definition) is 7. The van der Waals surface area contributed by atoms with Gasteiger partial charge >= 0.3 is 0 Å². The lowest BCUT2D eigenvalue weighted by Crippen LogP contribution is -2.33. The maximum absolute atomic E-state index is 5.77. The van der Waals surface area contributed by atoms with Gasteiger partial charge in [0.2, 0.25) is 0 Å². The first-order valence-electron chi connectivity index (χ1n) is 9.62. The Morgan fingerprint density at radius 1 is 1.23 bits per heavy atom. The van der Waals surface area contributed by atoms with Crippen molar-refractivity contribution >= 4 is 17.2 Å². The molecule has 2 aromatic rings. The van der Waals surface area contributed by atoms with E-state index in [4.69, 9.17) is 5.73 Å². The van der Waals surface area contributed by atoms with Gasteiger partial charge < -0.3 is 5.73 Å². The fourth-order valence-corrected chi connectivity index (χ4v) is 4.84. The van der Waals surface area contributed by atoms with Gasteiger partial charge in [-0.3, -0.25) is 9.80 Å². The third-order valence-corrected chi connectivity index (χ3v) is 6.55.